The Morgan fingerprint density at radius 2 is 1.71 bits per heavy atom. The van der Waals surface area contributed by atoms with Crippen LogP contribution in [0.1, 0.15) is 23.8 Å². The molecule has 0 unspecified atom stereocenters. The molecule has 7 nitrogen and oxygen atoms in total. The lowest BCUT2D eigenvalue weighted by Gasteiger charge is -2.15. The predicted molar refractivity (Wildman–Crippen MR) is 118 cm³/mol. The van der Waals surface area contributed by atoms with Crippen molar-refractivity contribution in [3.63, 3.8) is 0 Å². The number of aryl methyl sites for hydroxylation is 1. The maximum absolute atomic E-state index is 13.3. The van der Waals surface area contributed by atoms with E-state index in [0.717, 1.165) is 16.9 Å². The minimum absolute atomic E-state index is 0.0853. The molecule has 156 valence electrons. The van der Waals surface area contributed by atoms with Crippen LogP contribution in [0.4, 0.5) is 11.4 Å². The van der Waals surface area contributed by atoms with E-state index >= 15 is 0 Å². The molecule has 8 heteroatoms. The number of amides is 2. The molecule has 0 saturated heterocycles. The van der Waals surface area contributed by atoms with Gasteiger partial charge in [-0.1, -0.05) is 19.1 Å². The number of rotatable bonds is 7. The summed E-state index contributed by atoms with van der Waals surface area (Å²) in [4.78, 5) is 38.5. The monoisotopic (exact) mass is 434 g/mol. The summed E-state index contributed by atoms with van der Waals surface area (Å²) < 4.78 is 5.35. The van der Waals surface area contributed by atoms with Crippen LogP contribution >= 0.6 is 11.8 Å². The number of furan rings is 1. The SMILES string of the molecule is CCc1ccc(N2C(=O)C(SCc3ccco3)=C(c3ccc([N+](=O)[O-])cc3)C2=O)cc1. The highest BCUT2D eigenvalue weighted by molar-refractivity contribution is 8.03. The average molecular weight is 434 g/mol. The van der Waals surface area contributed by atoms with Crippen molar-refractivity contribution in [2.45, 2.75) is 19.1 Å². The highest BCUT2D eigenvalue weighted by Crippen LogP contribution is 2.40. The smallest absolute Gasteiger partial charge is 0.272 e. The van der Waals surface area contributed by atoms with Crippen LogP contribution < -0.4 is 4.90 Å². The van der Waals surface area contributed by atoms with Gasteiger partial charge in [-0.05, 0) is 53.9 Å². The van der Waals surface area contributed by atoms with E-state index in [1.54, 1.807) is 30.5 Å². The van der Waals surface area contributed by atoms with Gasteiger partial charge in [0, 0.05) is 12.1 Å². The number of non-ortho nitro benzene ring substituents is 1. The number of thioether (sulfide) groups is 1. The van der Waals surface area contributed by atoms with Crippen molar-refractivity contribution < 1.29 is 18.9 Å². The topological polar surface area (TPSA) is 93.7 Å². The number of nitrogens with zero attached hydrogens (tertiary/aromatic N) is 2. The molecule has 2 amide bonds. The molecule has 0 bridgehead atoms. The summed E-state index contributed by atoms with van der Waals surface area (Å²) in [5.74, 6) is 0.177. The fourth-order valence-electron chi connectivity index (χ4n) is 3.30. The predicted octanol–water partition coefficient (Wildman–Crippen LogP) is 4.97. The summed E-state index contributed by atoms with van der Waals surface area (Å²) in [7, 11) is 0. The Kier molecular flexibility index (Phi) is 5.73. The molecule has 31 heavy (non-hydrogen) atoms. The van der Waals surface area contributed by atoms with Gasteiger partial charge in [-0.15, -0.1) is 11.8 Å². The molecule has 2 aromatic carbocycles. The molecular weight excluding hydrogens is 416 g/mol. The number of hydrogen-bond acceptors (Lipinski definition) is 6. The Labute approximate surface area is 182 Å². The van der Waals surface area contributed by atoms with E-state index in [1.807, 2.05) is 19.1 Å². The molecule has 3 aromatic rings. The summed E-state index contributed by atoms with van der Waals surface area (Å²) in [5, 5.41) is 11.0. The average Bonchev–Trinajstić information content (AvgIpc) is 3.38. The molecule has 1 aromatic heterocycles. The number of imide groups is 1. The van der Waals surface area contributed by atoms with Gasteiger partial charge in [-0.3, -0.25) is 19.7 Å². The van der Waals surface area contributed by atoms with E-state index < -0.39 is 16.7 Å². The van der Waals surface area contributed by atoms with Crippen LogP contribution in [0.15, 0.2) is 76.2 Å². The third kappa shape index (κ3) is 4.02. The number of nitro benzene ring substituents is 1. The number of benzene rings is 2. The van der Waals surface area contributed by atoms with Crippen LogP contribution in [-0.2, 0) is 21.8 Å². The van der Waals surface area contributed by atoms with Crippen LogP contribution in [0, 0.1) is 10.1 Å². The van der Waals surface area contributed by atoms with E-state index in [1.165, 1.54) is 36.0 Å². The number of hydrogen-bond donors (Lipinski definition) is 0. The molecule has 0 aliphatic carbocycles. The van der Waals surface area contributed by atoms with Gasteiger partial charge in [-0.2, -0.15) is 0 Å². The number of nitro groups is 1. The standard InChI is InChI=1S/C23H18N2O5S/c1-2-15-5-9-17(10-6-15)24-22(26)20(16-7-11-18(12-8-16)25(28)29)21(23(24)27)31-14-19-4-3-13-30-19/h3-13H,2,14H2,1H3. The highest BCUT2D eigenvalue weighted by Gasteiger charge is 2.40. The third-order valence-corrected chi connectivity index (χ3v) is 6.05. The Bertz CT molecular complexity index is 1170. The van der Waals surface area contributed by atoms with Gasteiger partial charge in [0.25, 0.3) is 17.5 Å². The van der Waals surface area contributed by atoms with E-state index in [4.69, 9.17) is 4.42 Å². The Balaban J connectivity index is 1.73. The summed E-state index contributed by atoms with van der Waals surface area (Å²) >= 11 is 1.21. The molecule has 4 rings (SSSR count). The molecular formula is C23H18N2O5S. The normalized spacial score (nSPS) is 13.9. The summed E-state index contributed by atoms with van der Waals surface area (Å²) in [6.07, 6.45) is 2.39. The van der Waals surface area contributed by atoms with Crippen molar-refractivity contribution in [2.24, 2.45) is 0 Å². The minimum atomic E-state index is -0.506. The van der Waals surface area contributed by atoms with Crippen molar-refractivity contribution in [2.75, 3.05) is 4.90 Å². The maximum Gasteiger partial charge on any atom is 0.272 e. The first-order valence-electron chi connectivity index (χ1n) is 9.61. The number of carbonyl (C=O) groups excluding carboxylic acids is 2. The number of anilines is 1. The van der Waals surface area contributed by atoms with E-state index in [9.17, 15) is 19.7 Å². The van der Waals surface area contributed by atoms with Crippen LogP contribution in [0.3, 0.4) is 0 Å². The van der Waals surface area contributed by atoms with Crippen LogP contribution in [0.5, 0.6) is 0 Å². The van der Waals surface area contributed by atoms with Gasteiger partial charge in [0.2, 0.25) is 0 Å². The van der Waals surface area contributed by atoms with Gasteiger partial charge in [0.1, 0.15) is 5.76 Å². The van der Waals surface area contributed by atoms with Crippen molar-refractivity contribution in [3.05, 3.63) is 98.8 Å². The fraction of sp³-hybridized carbons (Fsp3) is 0.130. The molecule has 0 spiro atoms. The summed E-state index contributed by atoms with van der Waals surface area (Å²) in [6, 6.07) is 16.5. The molecule has 0 saturated carbocycles. The van der Waals surface area contributed by atoms with Gasteiger partial charge in [-0.25, -0.2) is 4.90 Å². The molecule has 0 radical (unpaired) electrons. The molecule has 1 aliphatic rings. The third-order valence-electron chi connectivity index (χ3n) is 4.95. The fourth-order valence-corrected chi connectivity index (χ4v) is 4.32. The molecule has 0 atom stereocenters. The van der Waals surface area contributed by atoms with Crippen LogP contribution in [0.2, 0.25) is 0 Å². The van der Waals surface area contributed by atoms with Gasteiger partial charge in [0.05, 0.1) is 33.1 Å². The van der Waals surface area contributed by atoms with Gasteiger partial charge >= 0.3 is 0 Å². The van der Waals surface area contributed by atoms with Crippen molar-refractivity contribution in [1.29, 1.82) is 0 Å². The van der Waals surface area contributed by atoms with E-state index in [2.05, 4.69) is 0 Å². The lowest BCUT2D eigenvalue weighted by atomic mass is 10.1. The summed E-state index contributed by atoms with van der Waals surface area (Å²) in [5.41, 5.74) is 2.19. The second-order valence-electron chi connectivity index (χ2n) is 6.84. The van der Waals surface area contributed by atoms with Gasteiger partial charge < -0.3 is 4.42 Å². The lowest BCUT2D eigenvalue weighted by molar-refractivity contribution is -0.384. The minimum Gasteiger partial charge on any atom is -0.468 e. The zero-order valence-electron chi connectivity index (χ0n) is 16.6. The maximum atomic E-state index is 13.3. The van der Waals surface area contributed by atoms with Crippen LogP contribution in [-0.4, -0.2) is 16.7 Å². The van der Waals surface area contributed by atoms with Crippen LogP contribution in [0.25, 0.3) is 5.57 Å². The lowest BCUT2D eigenvalue weighted by Crippen LogP contribution is -2.31. The zero-order valence-corrected chi connectivity index (χ0v) is 17.4. The van der Waals surface area contributed by atoms with E-state index in [-0.39, 0.29) is 16.2 Å². The Morgan fingerprint density at radius 3 is 2.29 bits per heavy atom. The van der Waals surface area contributed by atoms with Crippen molar-refractivity contribution in [1.82, 2.24) is 0 Å². The highest BCUT2D eigenvalue weighted by atomic mass is 32.2. The largest absolute Gasteiger partial charge is 0.468 e. The second kappa shape index (κ2) is 8.61. The van der Waals surface area contributed by atoms with Crippen molar-refractivity contribution in [3.8, 4) is 0 Å². The van der Waals surface area contributed by atoms with Gasteiger partial charge in [0.15, 0.2) is 0 Å². The quantitative estimate of drug-likeness (QED) is 0.296. The zero-order chi connectivity index (χ0) is 22.0. The second-order valence-corrected chi connectivity index (χ2v) is 7.83. The molecule has 1 aliphatic heterocycles. The summed E-state index contributed by atoms with van der Waals surface area (Å²) in [6.45, 7) is 2.03. The molecule has 0 N–H and O–H groups in total. The van der Waals surface area contributed by atoms with E-state index in [0.29, 0.717) is 22.8 Å². The molecule has 0 fully saturated rings. The number of carbonyl (C=O) groups is 2. The first-order chi connectivity index (χ1) is 15.0. The first kappa shape index (κ1) is 20.6. The Morgan fingerprint density at radius 1 is 1.00 bits per heavy atom. The Hall–Kier alpha value is -3.65. The first-order valence-corrected chi connectivity index (χ1v) is 10.6. The molecule has 2 heterocycles. The van der Waals surface area contributed by atoms with Crippen molar-refractivity contribution >= 4 is 40.5 Å².